The van der Waals surface area contributed by atoms with Crippen molar-refractivity contribution in [2.24, 2.45) is 7.05 Å². The van der Waals surface area contributed by atoms with Gasteiger partial charge in [-0.25, -0.2) is 4.79 Å². The maximum Gasteiger partial charge on any atom is 0.330 e. The van der Waals surface area contributed by atoms with Gasteiger partial charge in [-0.05, 0) is 14.0 Å². The van der Waals surface area contributed by atoms with Crippen molar-refractivity contribution < 1.29 is 4.79 Å². The molecule has 0 amide bonds. The highest BCUT2D eigenvalue weighted by atomic mass is 16.2. The third-order valence-corrected chi connectivity index (χ3v) is 3.98. The van der Waals surface area contributed by atoms with E-state index in [9.17, 15) is 14.4 Å². The number of piperazine rings is 1. The summed E-state index contributed by atoms with van der Waals surface area (Å²) < 4.78 is 2.46. The average Bonchev–Trinajstić information content (AvgIpc) is 2.45. The average molecular weight is 294 g/mol. The number of aromatic nitrogens is 2. The predicted octanol–water partition coefficient (Wildman–Crippen LogP) is -1.00. The molecule has 1 aliphatic rings. The molecule has 0 N–H and O–H groups in total. The summed E-state index contributed by atoms with van der Waals surface area (Å²) >= 11 is 0. The Kier molecular flexibility index (Phi) is 4.74. The quantitative estimate of drug-likeness (QED) is 0.666. The number of carbonyl (C=O) groups excluding carboxylic acids is 1. The SMILES string of the molecule is CC(=O)c1cn(CCN2CCN(C)CC2)c(=O)n(C)c1=O. The van der Waals surface area contributed by atoms with Gasteiger partial charge in [0.1, 0.15) is 0 Å². The molecule has 0 saturated carbocycles. The monoisotopic (exact) mass is 294 g/mol. The van der Waals surface area contributed by atoms with Gasteiger partial charge in [0.05, 0.1) is 5.56 Å². The molecule has 1 aliphatic heterocycles. The van der Waals surface area contributed by atoms with Gasteiger partial charge in [-0.1, -0.05) is 0 Å². The lowest BCUT2D eigenvalue weighted by Crippen LogP contribution is -2.47. The van der Waals surface area contributed by atoms with E-state index in [0.29, 0.717) is 6.54 Å². The van der Waals surface area contributed by atoms with E-state index in [-0.39, 0.29) is 17.0 Å². The van der Waals surface area contributed by atoms with Crippen LogP contribution in [-0.4, -0.2) is 64.5 Å². The molecular weight excluding hydrogens is 272 g/mol. The molecule has 0 spiro atoms. The number of ketones is 1. The number of likely N-dealkylation sites (N-methyl/N-ethyl adjacent to an activating group) is 1. The highest BCUT2D eigenvalue weighted by molar-refractivity contribution is 5.93. The van der Waals surface area contributed by atoms with E-state index in [1.54, 1.807) is 0 Å². The molecule has 21 heavy (non-hydrogen) atoms. The molecule has 0 atom stereocenters. The summed E-state index contributed by atoms with van der Waals surface area (Å²) in [5, 5.41) is 0. The van der Waals surface area contributed by atoms with Crippen LogP contribution in [0.4, 0.5) is 0 Å². The van der Waals surface area contributed by atoms with E-state index >= 15 is 0 Å². The van der Waals surface area contributed by atoms with Crippen LogP contribution < -0.4 is 11.2 Å². The van der Waals surface area contributed by atoms with Gasteiger partial charge in [0.15, 0.2) is 5.78 Å². The van der Waals surface area contributed by atoms with Crippen LogP contribution in [0.25, 0.3) is 0 Å². The third-order valence-electron chi connectivity index (χ3n) is 3.98. The maximum absolute atomic E-state index is 12.1. The van der Waals surface area contributed by atoms with Gasteiger partial charge in [0.25, 0.3) is 5.56 Å². The highest BCUT2D eigenvalue weighted by Crippen LogP contribution is 1.99. The summed E-state index contributed by atoms with van der Waals surface area (Å²) in [4.78, 5) is 39.9. The van der Waals surface area contributed by atoms with Crippen molar-refractivity contribution in [2.45, 2.75) is 13.5 Å². The maximum atomic E-state index is 12.1. The second kappa shape index (κ2) is 6.36. The lowest BCUT2D eigenvalue weighted by molar-refractivity contribution is 0.101. The first-order valence-corrected chi connectivity index (χ1v) is 7.12. The first-order chi connectivity index (χ1) is 9.90. The zero-order valence-electron chi connectivity index (χ0n) is 12.8. The van der Waals surface area contributed by atoms with Crippen LogP contribution in [-0.2, 0) is 13.6 Å². The Balaban J connectivity index is 2.15. The van der Waals surface area contributed by atoms with Crippen molar-refractivity contribution >= 4 is 5.78 Å². The summed E-state index contributed by atoms with van der Waals surface area (Å²) in [5.74, 6) is -0.316. The first kappa shape index (κ1) is 15.7. The Morgan fingerprint density at radius 3 is 2.29 bits per heavy atom. The topological polar surface area (TPSA) is 67.6 Å². The zero-order chi connectivity index (χ0) is 15.6. The lowest BCUT2D eigenvalue weighted by Gasteiger charge is -2.32. The standard InChI is InChI=1S/C14H22N4O3/c1-11(19)12-10-18(14(21)16(3)13(12)20)9-8-17-6-4-15(2)5-7-17/h10H,4-9H2,1-3H3. The summed E-state index contributed by atoms with van der Waals surface area (Å²) in [6, 6.07) is 0. The Morgan fingerprint density at radius 2 is 1.71 bits per heavy atom. The first-order valence-electron chi connectivity index (χ1n) is 7.12. The molecule has 0 aromatic carbocycles. The Hall–Kier alpha value is -1.73. The minimum Gasteiger partial charge on any atom is -0.304 e. The summed E-state index contributed by atoms with van der Waals surface area (Å²) in [7, 11) is 3.50. The van der Waals surface area contributed by atoms with E-state index in [1.165, 1.54) is 24.7 Å². The number of nitrogens with zero attached hydrogens (tertiary/aromatic N) is 4. The molecule has 1 aromatic rings. The lowest BCUT2D eigenvalue weighted by atomic mass is 10.2. The van der Waals surface area contributed by atoms with E-state index in [2.05, 4.69) is 16.8 Å². The van der Waals surface area contributed by atoms with Crippen LogP contribution in [0.5, 0.6) is 0 Å². The molecule has 116 valence electrons. The van der Waals surface area contributed by atoms with E-state index in [1.807, 2.05) is 0 Å². The van der Waals surface area contributed by atoms with Crippen molar-refractivity contribution in [2.75, 3.05) is 39.8 Å². The van der Waals surface area contributed by atoms with Gasteiger partial charge >= 0.3 is 5.69 Å². The minimum atomic E-state index is -0.525. The summed E-state index contributed by atoms with van der Waals surface area (Å²) in [6.45, 7) is 6.53. The fraction of sp³-hybridized carbons (Fsp3) is 0.643. The largest absolute Gasteiger partial charge is 0.330 e. The number of carbonyl (C=O) groups is 1. The summed E-state index contributed by atoms with van der Waals surface area (Å²) in [5.41, 5.74) is -0.835. The number of hydrogen-bond acceptors (Lipinski definition) is 5. The van der Waals surface area contributed by atoms with Crippen LogP contribution in [0.3, 0.4) is 0 Å². The molecule has 0 radical (unpaired) electrons. The predicted molar refractivity (Wildman–Crippen MR) is 79.9 cm³/mol. The van der Waals surface area contributed by atoms with Gasteiger partial charge in [-0.3, -0.25) is 23.6 Å². The van der Waals surface area contributed by atoms with Crippen LogP contribution in [0.2, 0.25) is 0 Å². The molecule has 7 heteroatoms. The van der Waals surface area contributed by atoms with Gasteiger partial charge in [-0.2, -0.15) is 0 Å². The Labute approximate surface area is 123 Å². The van der Waals surface area contributed by atoms with Crippen molar-refractivity contribution in [3.8, 4) is 0 Å². The van der Waals surface area contributed by atoms with Gasteiger partial charge in [-0.15, -0.1) is 0 Å². The Bertz CT molecular complexity index is 639. The second-order valence-corrected chi connectivity index (χ2v) is 5.58. The fourth-order valence-electron chi connectivity index (χ4n) is 2.45. The van der Waals surface area contributed by atoms with Crippen LogP contribution in [0.1, 0.15) is 17.3 Å². The van der Waals surface area contributed by atoms with E-state index in [0.717, 1.165) is 37.3 Å². The summed E-state index contributed by atoms with van der Waals surface area (Å²) in [6.07, 6.45) is 1.39. The molecule has 1 saturated heterocycles. The van der Waals surface area contributed by atoms with Crippen molar-refractivity contribution in [1.29, 1.82) is 0 Å². The molecule has 0 aliphatic carbocycles. The molecule has 0 unspecified atom stereocenters. The molecule has 0 bridgehead atoms. The Morgan fingerprint density at radius 1 is 1.10 bits per heavy atom. The molecule has 7 nitrogen and oxygen atoms in total. The van der Waals surface area contributed by atoms with E-state index < -0.39 is 5.56 Å². The smallest absolute Gasteiger partial charge is 0.304 e. The normalized spacial score (nSPS) is 17.1. The van der Waals surface area contributed by atoms with Crippen LogP contribution in [0.15, 0.2) is 15.8 Å². The molecule has 1 fully saturated rings. The van der Waals surface area contributed by atoms with Crippen molar-refractivity contribution in [3.05, 3.63) is 32.6 Å². The highest BCUT2D eigenvalue weighted by Gasteiger charge is 2.15. The van der Waals surface area contributed by atoms with Crippen LogP contribution in [0, 0.1) is 0 Å². The zero-order valence-corrected chi connectivity index (χ0v) is 12.8. The molecule has 2 heterocycles. The van der Waals surface area contributed by atoms with Crippen molar-refractivity contribution in [3.63, 3.8) is 0 Å². The molecular formula is C14H22N4O3. The van der Waals surface area contributed by atoms with Gasteiger partial charge in [0, 0.05) is 52.5 Å². The van der Waals surface area contributed by atoms with Gasteiger partial charge < -0.3 is 4.90 Å². The van der Waals surface area contributed by atoms with Gasteiger partial charge in [0.2, 0.25) is 0 Å². The minimum absolute atomic E-state index is 0.0653. The van der Waals surface area contributed by atoms with Crippen molar-refractivity contribution in [1.82, 2.24) is 18.9 Å². The number of hydrogen-bond donors (Lipinski definition) is 0. The fourth-order valence-corrected chi connectivity index (χ4v) is 2.45. The van der Waals surface area contributed by atoms with E-state index in [4.69, 9.17) is 0 Å². The van der Waals surface area contributed by atoms with Crippen LogP contribution >= 0.6 is 0 Å². The molecule has 2 rings (SSSR count). The second-order valence-electron chi connectivity index (χ2n) is 5.58. The number of rotatable bonds is 4. The number of Topliss-reactive ketones (excluding diaryl/α,β-unsaturated/α-hetero) is 1. The third kappa shape index (κ3) is 3.48. The molecule has 1 aromatic heterocycles.